The summed E-state index contributed by atoms with van der Waals surface area (Å²) in [6, 6.07) is 0. The van der Waals surface area contributed by atoms with Crippen LogP contribution in [0.4, 0.5) is 0 Å². The van der Waals surface area contributed by atoms with Crippen LogP contribution in [0.3, 0.4) is 0 Å². The molecule has 2 heterocycles. The molecule has 0 aromatic rings. The van der Waals surface area contributed by atoms with Gasteiger partial charge in [-0.2, -0.15) is 0 Å². The van der Waals surface area contributed by atoms with Crippen molar-refractivity contribution in [3.05, 3.63) is 11.6 Å². The normalized spacial score (nSPS) is 46.2. The molecule has 3 aliphatic carbocycles. The van der Waals surface area contributed by atoms with Crippen molar-refractivity contribution in [1.29, 1.82) is 0 Å². The van der Waals surface area contributed by atoms with Gasteiger partial charge in [0.05, 0.1) is 24.3 Å². The number of ketones is 1. The van der Waals surface area contributed by atoms with Crippen LogP contribution in [0.15, 0.2) is 11.6 Å². The predicted molar refractivity (Wildman–Crippen MR) is 151 cm³/mol. The molecule has 3 nitrogen and oxygen atoms in total. The van der Waals surface area contributed by atoms with Gasteiger partial charge in [0.25, 0.3) is 0 Å². The molecule has 2 saturated carbocycles. The lowest BCUT2D eigenvalue weighted by molar-refractivity contribution is -0.153. The largest absolute Gasteiger partial charge is 0.465 e. The highest BCUT2D eigenvalue weighted by Gasteiger charge is 2.68. The fourth-order valence-corrected chi connectivity index (χ4v) is 16.3. The number of rotatable bonds is 5. The van der Waals surface area contributed by atoms with E-state index < -0.39 is 7.26 Å². The molecule has 5 aliphatic rings. The fourth-order valence-electron chi connectivity index (χ4n) is 10.1. The van der Waals surface area contributed by atoms with Gasteiger partial charge in [0.1, 0.15) is 5.66 Å². The van der Waals surface area contributed by atoms with Gasteiger partial charge >= 0.3 is 5.97 Å². The zero-order chi connectivity index (χ0) is 25.9. The lowest BCUT2D eigenvalue weighted by Gasteiger charge is -2.61. The number of carbonyl (C=O) groups is 2. The van der Waals surface area contributed by atoms with E-state index in [1.54, 1.807) is 0 Å². The average molecular weight is 516 g/mol. The van der Waals surface area contributed by atoms with Gasteiger partial charge in [-0.3, -0.25) is 9.59 Å². The Hall–Kier alpha value is -0.690. The molecular weight excluding hydrogens is 463 g/mol. The van der Waals surface area contributed by atoms with Gasteiger partial charge in [0, 0.05) is 19.3 Å². The van der Waals surface area contributed by atoms with Crippen molar-refractivity contribution in [2.45, 2.75) is 117 Å². The molecule has 5 rings (SSSR count). The van der Waals surface area contributed by atoms with Crippen molar-refractivity contribution in [3.63, 3.8) is 0 Å². The van der Waals surface area contributed by atoms with Crippen LogP contribution in [0.1, 0.15) is 105 Å². The zero-order valence-electron chi connectivity index (χ0n) is 24.0. The third-order valence-electron chi connectivity index (χ3n) is 12.5. The molecule has 0 N–H and O–H groups in total. The van der Waals surface area contributed by atoms with E-state index in [0.29, 0.717) is 30.1 Å². The van der Waals surface area contributed by atoms with Crippen molar-refractivity contribution in [2.24, 2.45) is 40.4 Å². The van der Waals surface area contributed by atoms with Crippen LogP contribution < -0.4 is 0 Å². The van der Waals surface area contributed by atoms with Gasteiger partial charge in [-0.1, -0.05) is 53.0 Å². The van der Waals surface area contributed by atoms with Crippen LogP contribution in [0.2, 0.25) is 0 Å². The quantitative estimate of drug-likeness (QED) is 0.276. The Morgan fingerprint density at radius 3 is 2.53 bits per heavy atom. The number of carbonyl (C=O) groups excluding carboxylic acids is 2. The van der Waals surface area contributed by atoms with Gasteiger partial charge in [-0.15, -0.1) is 0 Å². The van der Waals surface area contributed by atoms with E-state index >= 15 is 0 Å². The number of allylic oxidation sites excluding steroid dienone is 2. The topological polar surface area (TPSA) is 43.4 Å². The lowest BCUT2D eigenvalue weighted by Crippen LogP contribution is -2.58. The number of ether oxygens (including phenoxy) is 1. The van der Waals surface area contributed by atoms with Gasteiger partial charge in [-0.05, 0) is 93.0 Å². The van der Waals surface area contributed by atoms with Crippen molar-refractivity contribution >= 4 is 19.0 Å². The molecule has 0 spiro atoms. The van der Waals surface area contributed by atoms with E-state index in [1.165, 1.54) is 50.3 Å². The Morgan fingerprint density at radius 1 is 1.08 bits per heavy atom. The Bertz CT molecular complexity index is 907. The van der Waals surface area contributed by atoms with E-state index in [4.69, 9.17) is 4.74 Å². The molecule has 36 heavy (non-hydrogen) atoms. The SMILES string of the molecule is CCC(CC)COC(=O)C1CC[C@]2(C)CCC3C(=CC(=O)C4[C@@]3(C)CCC3[C@@H](C)CCC[P+]34C)C2C1. The van der Waals surface area contributed by atoms with E-state index in [9.17, 15) is 9.59 Å². The maximum atomic E-state index is 14.2. The van der Waals surface area contributed by atoms with Crippen LogP contribution in [0.5, 0.6) is 0 Å². The summed E-state index contributed by atoms with van der Waals surface area (Å²) < 4.78 is 5.86. The fraction of sp³-hybridized carbons (Fsp3) is 0.875. The number of esters is 1. The summed E-state index contributed by atoms with van der Waals surface area (Å²) in [6.07, 6.45) is 16.3. The first-order chi connectivity index (χ1) is 17.1. The highest BCUT2D eigenvalue weighted by atomic mass is 31.2. The minimum absolute atomic E-state index is 0.00216. The second kappa shape index (κ2) is 9.81. The van der Waals surface area contributed by atoms with E-state index in [0.717, 1.165) is 43.7 Å². The van der Waals surface area contributed by atoms with Crippen LogP contribution in [0, 0.1) is 40.4 Å². The second-order valence-corrected chi connectivity index (χ2v) is 18.7. The summed E-state index contributed by atoms with van der Waals surface area (Å²) in [7, 11) is -1.31. The van der Waals surface area contributed by atoms with Gasteiger partial charge in [-0.25, -0.2) is 0 Å². The summed E-state index contributed by atoms with van der Waals surface area (Å²) in [5.41, 5.74) is 2.89. The standard InChI is InChI=1S/C32H52O3P/c1-7-22(8-2)20-35-30(34)23-11-14-31(4)15-12-25-24(26(31)18-23)19-27(33)29-32(25,5)16-13-28-21(3)10-9-17-36(28,29)6/h19,21-23,25-26,28-29H,7-18,20H2,1-6H3/q+1/t21-,23?,25?,26?,28?,29?,31+,32-,36?/m0/s1. The summed E-state index contributed by atoms with van der Waals surface area (Å²) in [5.74, 6) is 2.66. The first-order valence-corrected chi connectivity index (χ1v) is 17.9. The van der Waals surface area contributed by atoms with E-state index in [-0.39, 0.29) is 28.4 Å². The molecule has 6 unspecified atom stereocenters. The molecule has 0 amide bonds. The lowest BCUT2D eigenvalue weighted by atomic mass is 9.48. The molecule has 0 aromatic carbocycles. The van der Waals surface area contributed by atoms with Crippen LogP contribution in [-0.2, 0) is 14.3 Å². The molecule has 0 aromatic heterocycles. The zero-order valence-corrected chi connectivity index (χ0v) is 24.9. The number of hydrogen-bond acceptors (Lipinski definition) is 3. The van der Waals surface area contributed by atoms with E-state index in [2.05, 4.69) is 47.4 Å². The highest BCUT2D eigenvalue weighted by Crippen LogP contribution is 2.79. The van der Waals surface area contributed by atoms with Crippen LogP contribution in [-0.4, -0.2) is 42.5 Å². The molecule has 0 bridgehead atoms. The Labute approximate surface area is 221 Å². The number of fused-ring (bicyclic) bond motifs is 7. The maximum absolute atomic E-state index is 14.2. The minimum atomic E-state index is -1.31. The van der Waals surface area contributed by atoms with Crippen molar-refractivity contribution in [2.75, 3.05) is 19.4 Å². The highest BCUT2D eigenvalue weighted by molar-refractivity contribution is 7.77. The van der Waals surface area contributed by atoms with E-state index in [1.807, 2.05) is 0 Å². The molecule has 4 fully saturated rings. The smallest absolute Gasteiger partial charge is 0.308 e. The molecule has 4 heteroatoms. The molecule has 9 atom stereocenters. The molecule has 0 radical (unpaired) electrons. The van der Waals surface area contributed by atoms with Crippen molar-refractivity contribution < 1.29 is 14.3 Å². The first-order valence-electron chi connectivity index (χ1n) is 15.3. The Balaban J connectivity index is 1.41. The van der Waals surface area contributed by atoms with Gasteiger partial charge in [0.2, 0.25) is 0 Å². The summed E-state index contributed by atoms with van der Waals surface area (Å²) in [4.78, 5) is 27.3. The minimum Gasteiger partial charge on any atom is -0.465 e. The van der Waals surface area contributed by atoms with Crippen LogP contribution in [0.25, 0.3) is 0 Å². The Morgan fingerprint density at radius 2 is 1.81 bits per heavy atom. The second-order valence-electron chi connectivity index (χ2n) is 14.3. The third-order valence-corrected chi connectivity index (χ3v) is 18.1. The molecule has 202 valence electrons. The van der Waals surface area contributed by atoms with Gasteiger partial charge < -0.3 is 4.74 Å². The third kappa shape index (κ3) is 4.17. The van der Waals surface area contributed by atoms with Gasteiger partial charge in [0.15, 0.2) is 5.78 Å². The number of hydrogen-bond donors (Lipinski definition) is 0. The van der Waals surface area contributed by atoms with Crippen molar-refractivity contribution in [1.82, 2.24) is 0 Å². The van der Waals surface area contributed by atoms with Crippen molar-refractivity contribution in [3.8, 4) is 0 Å². The van der Waals surface area contributed by atoms with Crippen LogP contribution >= 0.6 is 7.26 Å². The maximum Gasteiger partial charge on any atom is 0.308 e. The molecule has 2 saturated heterocycles. The average Bonchev–Trinajstić information content (AvgIpc) is 2.83. The molecule has 2 aliphatic heterocycles. The first kappa shape index (κ1) is 26.9. The predicted octanol–water partition coefficient (Wildman–Crippen LogP) is 7.92. The summed E-state index contributed by atoms with van der Waals surface area (Å²) in [5, 5.41) is 0. The Kier molecular flexibility index (Phi) is 7.33. The monoisotopic (exact) mass is 515 g/mol. The molecular formula is C32H52O3P+. The summed E-state index contributed by atoms with van der Waals surface area (Å²) >= 11 is 0. The summed E-state index contributed by atoms with van der Waals surface area (Å²) in [6.45, 7) is 15.0.